The Morgan fingerprint density at radius 3 is 2.64 bits per heavy atom. The third kappa shape index (κ3) is 4.35. The van der Waals surface area contributed by atoms with E-state index in [9.17, 15) is 9.59 Å². The molecule has 1 aliphatic heterocycles. The van der Waals surface area contributed by atoms with Crippen LogP contribution in [0.15, 0.2) is 42.5 Å². The van der Waals surface area contributed by atoms with Gasteiger partial charge in [-0.25, -0.2) is 4.98 Å². The second kappa shape index (κ2) is 7.79. The van der Waals surface area contributed by atoms with Crippen LogP contribution in [0, 0.1) is 6.92 Å². The normalized spacial score (nSPS) is 13.8. The van der Waals surface area contributed by atoms with Crippen LogP contribution in [0.2, 0.25) is 0 Å². The van der Waals surface area contributed by atoms with Gasteiger partial charge in [0.2, 0.25) is 5.91 Å². The average Bonchev–Trinajstić information content (AvgIpc) is 3.05. The number of aromatic nitrogens is 1. The first kappa shape index (κ1) is 17.0. The van der Waals surface area contributed by atoms with Gasteiger partial charge in [0, 0.05) is 43.0 Å². The summed E-state index contributed by atoms with van der Waals surface area (Å²) in [7, 11) is 0. The lowest BCUT2D eigenvalue weighted by Crippen LogP contribution is -2.29. The standard InChI is InChI=1S/C19H22N4O2/c1-14-4-2-5-17(22-14)20-11-12-21-19(25)15-7-9-16(10-8-15)23-13-3-6-18(23)24/h2,4-5,7-10H,3,6,11-13H2,1H3,(H,20,22)(H,21,25). The molecule has 1 saturated heterocycles. The summed E-state index contributed by atoms with van der Waals surface area (Å²) in [6.45, 7) is 3.79. The number of hydrogen-bond donors (Lipinski definition) is 2. The van der Waals surface area contributed by atoms with Gasteiger partial charge in [0.05, 0.1) is 0 Å². The molecule has 2 N–H and O–H groups in total. The van der Waals surface area contributed by atoms with Crippen LogP contribution in [0.25, 0.3) is 0 Å². The van der Waals surface area contributed by atoms with Crippen molar-refractivity contribution in [1.82, 2.24) is 10.3 Å². The fraction of sp³-hybridized carbons (Fsp3) is 0.316. The highest BCUT2D eigenvalue weighted by atomic mass is 16.2. The van der Waals surface area contributed by atoms with E-state index in [4.69, 9.17) is 0 Å². The van der Waals surface area contributed by atoms with E-state index >= 15 is 0 Å². The molecule has 1 fully saturated rings. The summed E-state index contributed by atoms with van der Waals surface area (Å²) in [5.74, 6) is 0.820. The summed E-state index contributed by atoms with van der Waals surface area (Å²) in [6, 6.07) is 12.9. The summed E-state index contributed by atoms with van der Waals surface area (Å²) < 4.78 is 0. The summed E-state index contributed by atoms with van der Waals surface area (Å²) in [5, 5.41) is 6.05. The van der Waals surface area contributed by atoms with E-state index < -0.39 is 0 Å². The molecule has 6 nitrogen and oxygen atoms in total. The number of pyridine rings is 1. The Bertz CT molecular complexity index is 758. The van der Waals surface area contributed by atoms with Crippen LogP contribution in [-0.4, -0.2) is 36.4 Å². The van der Waals surface area contributed by atoms with Crippen LogP contribution in [-0.2, 0) is 4.79 Å². The molecule has 2 amide bonds. The van der Waals surface area contributed by atoms with Gasteiger partial charge < -0.3 is 15.5 Å². The largest absolute Gasteiger partial charge is 0.368 e. The predicted octanol–water partition coefficient (Wildman–Crippen LogP) is 2.36. The molecule has 1 aromatic carbocycles. The highest BCUT2D eigenvalue weighted by Gasteiger charge is 2.21. The molecule has 6 heteroatoms. The number of nitrogens with zero attached hydrogens (tertiary/aromatic N) is 2. The van der Waals surface area contributed by atoms with Crippen molar-refractivity contribution in [3.05, 3.63) is 53.7 Å². The predicted molar refractivity (Wildman–Crippen MR) is 97.8 cm³/mol. The Hall–Kier alpha value is -2.89. The lowest BCUT2D eigenvalue weighted by Gasteiger charge is -2.15. The van der Waals surface area contributed by atoms with E-state index in [0.717, 1.165) is 30.2 Å². The Balaban J connectivity index is 1.47. The van der Waals surface area contributed by atoms with Crippen LogP contribution >= 0.6 is 0 Å². The zero-order valence-corrected chi connectivity index (χ0v) is 14.3. The minimum atomic E-state index is -0.127. The van der Waals surface area contributed by atoms with Crippen molar-refractivity contribution in [1.29, 1.82) is 0 Å². The van der Waals surface area contributed by atoms with Crippen LogP contribution in [0.5, 0.6) is 0 Å². The van der Waals surface area contributed by atoms with Gasteiger partial charge in [0.15, 0.2) is 0 Å². The quantitative estimate of drug-likeness (QED) is 0.793. The Morgan fingerprint density at radius 2 is 1.96 bits per heavy atom. The molecule has 0 bridgehead atoms. The molecule has 2 aromatic rings. The van der Waals surface area contributed by atoms with E-state index in [1.807, 2.05) is 37.3 Å². The molecule has 2 heterocycles. The zero-order chi connectivity index (χ0) is 17.6. The number of rotatable bonds is 6. The van der Waals surface area contributed by atoms with Crippen molar-refractivity contribution >= 4 is 23.3 Å². The molecule has 0 aliphatic carbocycles. The summed E-state index contributed by atoms with van der Waals surface area (Å²) in [5.41, 5.74) is 2.39. The SMILES string of the molecule is Cc1cccc(NCCNC(=O)c2ccc(N3CCCC3=O)cc2)n1. The fourth-order valence-corrected chi connectivity index (χ4v) is 2.82. The molecule has 0 radical (unpaired) electrons. The van der Waals surface area contributed by atoms with Crippen molar-refractivity contribution in [3.8, 4) is 0 Å². The first-order chi connectivity index (χ1) is 12.1. The van der Waals surface area contributed by atoms with E-state index in [0.29, 0.717) is 25.1 Å². The maximum Gasteiger partial charge on any atom is 0.251 e. The number of hydrogen-bond acceptors (Lipinski definition) is 4. The van der Waals surface area contributed by atoms with Gasteiger partial charge in [-0.1, -0.05) is 6.07 Å². The number of benzene rings is 1. The Morgan fingerprint density at radius 1 is 1.16 bits per heavy atom. The first-order valence-corrected chi connectivity index (χ1v) is 8.49. The lowest BCUT2D eigenvalue weighted by molar-refractivity contribution is -0.117. The molecule has 0 unspecified atom stereocenters. The molecule has 1 aromatic heterocycles. The summed E-state index contributed by atoms with van der Waals surface area (Å²) in [6.07, 6.45) is 1.49. The van der Waals surface area contributed by atoms with Gasteiger partial charge >= 0.3 is 0 Å². The van der Waals surface area contributed by atoms with Crippen LogP contribution in [0.3, 0.4) is 0 Å². The Kier molecular flexibility index (Phi) is 5.28. The minimum absolute atomic E-state index is 0.127. The first-order valence-electron chi connectivity index (χ1n) is 8.49. The average molecular weight is 338 g/mol. The summed E-state index contributed by atoms with van der Waals surface area (Å²) in [4.78, 5) is 30.0. The van der Waals surface area contributed by atoms with Gasteiger partial charge in [-0.3, -0.25) is 9.59 Å². The number of carbonyl (C=O) groups excluding carboxylic acids is 2. The number of anilines is 2. The molecule has 130 valence electrons. The van der Waals surface area contributed by atoms with Crippen LogP contribution in [0.4, 0.5) is 11.5 Å². The van der Waals surface area contributed by atoms with Crippen molar-refractivity contribution < 1.29 is 9.59 Å². The second-order valence-corrected chi connectivity index (χ2v) is 6.04. The third-order valence-corrected chi connectivity index (χ3v) is 4.12. The lowest BCUT2D eigenvalue weighted by atomic mass is 10.2. The molecule has 1 aliphatic rings. The van der Waals surface area contributed by atoms with Gasteiger partial charge in [0.1, 0.15) is 5.82 Å². The van der Waals surface area contributed by atoms with Gasteiger partial charge in [0.25, 0.3) is 5.91 Å². The molecule has 0 saturated carbocycles. The maximum absolute atomic E-state index is 12.2. The minimum Gasteiger partial charge on any atom is -0.368 e. The number of nitrogens with one attached hydrogen (secondary N) is 2. The van der Waals surface area contributed by atoms with Crippen molar-refractivity contribution in [2.45, 2.75) is 19.8 Å². The van der Waals surface area contributed by atoms with E-state index in [-0.39, 0.29) is 11.8 Å². The highest BCUT2D eigenvalue weighted by molar-refractivity contribution is 5.97. The van der Waals surface area contributed by atoms with Gasteiger partial charge in [-0.05, 0) is 49.7 Å². The second-order valence-electron chi connectivity index (χ2n) is 6.04. The molecule has 3 rings (SSSR count). The third-order valence-electron chi connectivity index (χ3n) is 4.12. The van der Waals surface area contributed by atoms with E-state index in [1.165, 1.54) is 0 Å². The van der Waals surface area contributed by atoms with Crippen molar-refractivity contribution in [2.75, 3.05) is 29.9 Å². The molecule has 0 spiro atoms. The van der Waals surface area contributed by atoms with Crippen LogP contribution in [0.1, 0.15) is 28.9 Å². The van der Waals surface area contributed by atoms with Crippen molar-refractivity contribution in [3.63, 3.8) is 0 Å². The molecule has 0 atom stereocenters. The zero-order valence-electron chi connectivity index (χ0n) is 14.3. The highest BCUT2D eigenvalue weighted by Crippen LogP contribution is 2.21. The molecular weight excluding hydrogens is 316 g/mol. The summed E-state index contributed by atoms with van der Waals surface area (Å²) >= 11 is 0. The smallest absolute Gasteiger partial charge is 0.251 e. The van der Waals surface area contributed by atoms with E-state index in [2.05, 4.69) is 15.6 Å². The topological polar surface area (TPSA) is 74.3 Å². The number of carbonyl (C=O) groups is 2. The van der Waals surface area contributed by atoms with Gasteiger partial charge in [-0.2, -0.15) is 0 Å². The monoisotopic (exact) mass is 338 g/mol. The van der Waals surface area contributed by atoms with Gasteiger partial charge in [-0.15, -0.1) is 0 Å². The maximum atomic E-state index is 12.2. The number of aryl methyl sites for hydroxylation is 1. The molecule has 25 heavy (non-hydrogen) atoms. The number of amides is 2. The van der Waals surface area contributed by atoms with Crippen LogP contribution < -0.4 is 15.5 Å². The molecular formula is C19H22N4O2. The fourth-order valence-electron chi connectivity index (χ4n) is 2.82. The van der Waals surface area contributed by atoms with E-state index in [1.54, 1.807) is 17.0 Å². The van der Waals surface area contributed by atoms with Crippen molar-refractivity contribution in [2.24, 2.45) is 0 Å². The Labute approximate surface area is 147 Å².